The molecule has 1 aromatic rings. The number of hydrogen-bond donors (Lipinski definition) is 2. The van der Waals surface area contributed by atoms with Crippen LogP contribution < -0.4 is 5.32 Å². The summed E-state index contributed by atoms with van der Waals surface area (Å²) in [7, 11) is 0. The normalized spacial score (nSPS) is 18.1. The molecule has 0 radical (unpaired) electrons. The van der Waals surface area contributed by atoms with E-state index < -0.39 is 0 Å². The van der Waals surface area contributed by atoms with Gasteiger partial charge in [-0.1, -0.05) is 6.07 Å². The summed E-state index contributed by atoms with van der Waals surface area (Å²) in [6.45, 7) is 3.61. The average molecular weight is 286 g/mol. The van der Waals surface area contributed by atoms with Crippen LogP contribution in [0.2, 0.25) is 0 Å². The summed E-state index contributed by atoms with van der Waals surface area (Å²) >= 11 is 0. The number of carbonyl (C=O) groups is 1. The molecule has 21 heavy (non-hydrogen) atoms. The lowest BCUT2D eigenvalue weighted by Gasteiger charge is -2.20. The van der Waals surface area contributed by atoms with Crippen molar-refractivity contribution in [3.8, 4) is 0 Å². The van der Waals surface area contributed by atoms with Gasteiger partial charge in [0.05, 0.1) is 0 Å². The van der Waals surface area contributed by atoms with Crippen LogP contribution in [-0.4, -0.2) is 47.8 Å². The molecule has 3 rings (SSSR count). The number of carbonyl (C=O) groups excluding carboxylic acids is 1. The Labute approximate surface area is 125 Å². The summed E-state index contributed by atoms with van der Waals surface area (Å²) in [5.41, 5.74) is 1.52. The minimum absolute atomic E-state index is 0.101. The van der Waals surface area contributed by atoms with E-state index in [0.29, 0.717) is 11.5 Å². The second-order valence-electron chi connectivity index (χ2n) is 5.75. The summed E-state index contributed by atoms with van der Waals surface area (Å²) in [5.74, 6) is 0.530. The second-order valence-corrected chi connectivity index (χ2v) is 5.75. The SMILES string of the molecule is N=C(Nc1cccc(C(=O)N2CCCC2)c1)N1CCCC1. The van der Waals surface area contributed by atoms with Crippen LogP contribution in [0, 0.1) is 5.41 Å². The Morgan fingerprint density at radius 3 is 2.29 bits per heavy atom. The van der Waals surface area contributed by atoms with Gasteiger partial charge in [-0.15, -0.1) is 0 Å². The highest BCUT2D eigenvalue weighted by molar-refractivity contribution is 5.97. The monoisotopic (exact) mass is 286 g/mol. The number of likely N-dealkylation sites (tertiary alicyclic amines) is 2. The van der Waals surface area contributed by atoms with E-state index in [4.69, 9.17) is 5.41 Å². The number of nitrogens with one attached hydrogen (secondary N) is 2. The van der Waals surface area contributed by atoms with Crippen LogP contribution in [0.1, 0.15) is 36.0 Å². The van der Waals surface area contributed by atoms with E-state index in [9.17, 15) is 4.79 Å². The maximum absolute atomic E-state index is 12.4. The molecule has 1 aromatic carbocycles. The minimum Gasteiger partial charge on any atom is -0.343 e. The molecule has 2 N–H and O–H groups in total. The van der Waals surface area contributed by atoms with Crippen molar-refractivity contribution in [2.45, 2.75) is 25.7 Å². The lowest BCUT2D eigenvalue weighted by Crippen LogP contribution is -2.33. The van der Waals surface area contributed by atoms with E-state index in [1.165, 1.54) is 0 Å². The Morgan fingerprint density at radius 2 is 1.62 bits per heavy atom. The van der Waals surface area contributed by atoms with Crippen molar-refractivity contribution in [1.82, 2.24) is 9.80 Å². The van der Waals surface area contributed by atoms with E-state index in [-0.39, 0.29) is 5.91 Å². The van der Waals surface area contributed by atoms with Crippen molar-refractivity contribution >= 4 is 17.6 Å². The lowest BCUT2D eigenvalue weighted by atomic mass is 10.2. The highest BCUT2D eigenvalue weighted by Crippen LogP contribution is 2.17. The molecule has 5 heteroatoms. The molecule has 2 aliphatic heterocycles. The van der Waals surface area contributed by atoms with Gasteiger partial charge in [-0.05, 0) is 43.9 Å². The molecule has 0 saturated carbocycles. The molecule has 2 fully saturated rings. The third-order valence-corrected chi connectivity index (χ3v) is 4.19. The van der Waals surface area contributed by atoms with Gasteiger partial charge in [0.15, 0.2) is 5.96 Å². The molecule has 0 bridgehead atoms. The molecular weight excluding hydrogens is 264 g/mol. The van der Waals surface area contributed by atoms with Crippen LogP contribution in [-0.2, 0) is 0 Å². The molecular formula is C16H22N4O. The fourth-order valence-electron chi connectivity index (χ4n) is 2.99. The quantitative estimate of drug-likeness (QED) is 0.648. The van der Waals surface area contributed by atoms with Gasteiger partial charge in [-0.25, -0.2) is 0 Å². The summed E-state index contributed by atoms with van der Waals surface area (Å²) in [6, 6.07) is 7.49. The molecule has 5 nitrogen and oxygen atoms in total. The molecule has 2 aliphatic rings. The zero-order valence-corrected chi connectivity index (χ0v) is 12.3. The topological polar surface area (TPSA) is 59.4 Å². The fraction of sp³-hybridized carbons (Fsp3) is 0.500. The van der Waals surface area contributed by atoms with Gasteiger partial charge in [0.25, 0.3) is 5.91 Å². The molecule has 0 spiro atoms. The molecule has 0 aromatic heterocycles. The maximum atomic E-state index is 12.4. The second kappa shape index (κ2) is 6.16. The van der Waals surface area contributed by atoms with Gasteiger partial charge >= 0.3 is 0 Å². The maximum Gasteiger partial charge on any atom is 0.253 e. The van der Waals surface area contributed by atoms with Gasteiger partial charge in [-0.2, -0.15) is 0 Å². The number of guanidine groups is 1. The number of anilines is 1. The predicted octanol–water partition coefficient (Wildman–Crippen LogP) is 2.37. The minimum atomic E-state index is 0.101. The smallest absolute Gasteiger partial charge is 0.253 e. The van der Waals surface area contributed by atoms with E-state index in [1.807, 2.05) is 34.1 Å². The van der Waals surface area contributed by atoms with Crippen molar-refractivity contribution in [3.05, 3.63) is 29.8 Å². The third-order valence-electron chi connectivity index (χ3n) is 4.19. The zero-order chi connectivity index (χ0) is 14.7. The Bertz CT molecular complexity index is 531. The van der Waals surface area contributed by atoms with Gasteiger partial charge in [-0.3, -0.25) is 10.2 Å². The fourth-order valence-corrected chi connectivity index (χ4v) is 2.99. The van der Waals surface area contributed by atoms with Crippen molar-refractivity contribution in [2.75, 3.05) is 31.5 Å². The first-order valence-electron chi connectivity index (χ1n) is 7.74. The Morgan fingerprint density at radius 1 is 1.00 bits per heavy atom. The highest BCUT2D eigenvalue weighted by atomic mass is 16.2. The number of hydrogen-bond acceptors (Lipinski definition) is 2. The Balaban J connectivity index is 1.67. The molecule has 0 aliphatic carbocycles. The Kier molecular flexibility index (Phi) is 4.08. The standard InChI is InChI=1S/C16H22N4O/c17-16(20-10-3-4-11-20)18-14-7-5-6-13(12-14)15(21)19-8-1-2-9-19/h5-7,12H,1-4,8-11H2,(H2,17,18). The van der Waals surface area contributed by atoms with Crippen LogP contribution in [0.15, 0.2) is 24.3 Å². The molecule has 112 valence electrons. The molecule has 1 amide bonds. The van der Waals surface area contributed by atoms with E-state index in [1.54, 1.807) is 0 Å². The summed E-state index contributed by atoms with van der Waals surface area (Å²) in [5, 5.41) is 11.2. The van der Waals surface area contributed by atoms with Crippen LogP contribution in [0.4, 0.5) is 5.69 Å². The predicted molar refractivity (Wildman–Crippen MR) is 83.7 cm³/mol. The van der Waals surface area contributed by atoms with Gasteiger partial charge < -0.3 is 15.1 Å². The number of rotatable bonds is 2. The van der Waals surface area contributed by atoms with Crippen molar-refractivity contribution < 1.29 is 4.79 Å². The number of benzene rings is 1. The number of nitrogens with zero attached hydrogens (tertiary/aromatic N) is 2. The van der Waals surface area contributed by atoms with Crippen LogP contribution in [0.25, 0.3) is 0 Å². The van der Waals surface area contributed by atoms with Gasteiger partial charge in [0.2, 0.25) is 0 Å². The molecule has 0 atom stereocenters. The first kappa shape index (κ1) is 13.9. The van der Waals surface area contributed by atoms with E-state index >= 15 is 0 Å². The van der Waals surface area contributed by atoms with Crippen LogP contribution >= 0.6 is 0 Å². The van der Waals surface area contributed by atoms with Crippen LogP contribution in [0.5, 0.6) is 0 Å². The first-order valence-corrected chi connectivity index (χ1v) is 7.74. The summed E-state index contributed by atoms with van der Waals surface area (Å²) in [6.07, 6.45) is 4.50. The molecule has 2 saturated heterocycles. The van der Waals surface area contributed by atoms with Crippen molar-refractivity contribution in [2.24, 2.45) is 0 Å². The lowest BCUT2D eigenvalue weighted by molar-refractivity contribution is 0.0793. The van der Waals surface area contributed by atoms with Crippen molar-refractivity contribution in [1.29, 1.82) is 5.41 Å². The highest BCUT2D eigenvalue weighted by Gasteiger charge is 2.20. The largest absolute Gasteiger partial charge is 0.343 e. The van der Waals surface area contributed by atoms with Gasteiger partial charge in [0.1, 0.15) is 0 Å². The van der Waals surface area contributed by atoms with E-state index in [0.717, 1.165) is 57.5 Å². The van der Waals surface area contributed by atoms with Crippen molar-refractivity contribution in [3.63, 3.8) is 0 Å². The number of amides is 1. The first-order chi connectivity index (χ1) is 10.2. The summed E-state index contributed by atoms with van der Waals surface area (Å²) in [4.78, 5) is 16.3. The summed E-state index contributed by atoms with van der Waals surface area (Å²) < 4.78 is 0. The van der Waals surface area contributed by atoms with Crippen LogP contribution in [0.3, 0.4) is 0 Å². The zero-order valence-electron chi connectivity index (χ0n) is 12.3. The van der Waals surface area contributed by atoms with E-state index in [2.05, 4.69) is 5.32 Å². The molecule has 0 unspecified atom stereocenters. The average Bonchev–Trinajstić information content (AvgIpc) is 3.20. The Hall–Kier alpha value is -2.04. The molecule has 2 heterocycles. The van der Waals surface area contributed by atoms with Gasteiger partial charge in [0, 0.05) is 37.4 Å². The third kappa shape index (κ3) is 3.17.